The lowest BCUT2D eigenvalue weighted by atomic mass is 10.3. The third kappa shape index (κ3) is 2.41. The Morgan fingerprint density at radius 3 is 2.06 bits per heavy atom. The number of rotatable bonds is 3. The standard InChI is InChI=1S/C12H12N2OS/c15-11-7-3-1-5-9(11)13-14-10-6-2-4-8-12(10)16/h1-8,13-16H. The Hall–Kier alpha value is -1.81. The van der Waals surface area contributed by atoms with Crippen molar-refractivity contribution in [2.75, 3.05) is 10.9 Å². The number of hydrazine groups is 1. The van der Waals surface area contributed by atoms with Crippen molar-refractivity contribution in [2.45, 2.75) is 4.90 Å². The van der Waals surface area contributed by atoms with Gasteiger partial charge in [0.2, 0.25) is 0 Å². The molecule has 0 aliphatic carbocycles. The average Bonchev–Trinajstić information content (AvgIpc) is 2.30. The molecule has 0 aliphatic heterocycles. The molecule has 2 rings (SSSR count). The first kappa shape index (κ1) is 10.7. The second kappa shape index (κ2) is 4.81. The molecule has 16 heavy (non-hydrogen) atoms. The van der Waals surface area contributed by atoms with Crippen LogP contribution >= 0.6 is 12.6 Å². The number of phenolic OH excluding ortho intramolecular Hbond substituents is 1. The minimum Gasteiger partial charge on any atom is -0.506 e. The van der Waals surface area contributed by atoms with E-state index >= 15 is 0 Å². The zero-order chi connectivity index (χ0) is 11.4. The third-order valence-corrected chi connectivity index (χ3v) is 2.53. The van der Waals surface area contributed by atoms with Crippen LogP contribution in [-0.2, 0) is 0 Å². The van der Waals surface area contributed by atoms with Crippen LogP contribution in [0.4, 0.5) is 11.4 Å². The summed E-state index contributed by atoms with van der Waals surface area (Å²) in [6.07, 6.45) is 0. The fourth-order valence-corrected chi connectivity index (χ4v) is 1.51. The number of benzene rings is 2. The highest BCUT2D eigenvalue weighted by Gasteiger charge is 1.99. The average molecular weight is 232 g/mol. The normalized spacial score (nSPS) is 9.81. The van der Waals surface area contributed by atoms with Gasteiger partial charge in [-0.2, -0.15) is 0 Å². The van der Waals surface area contributed by atoms with E-state index in [1.54, 1.807) is 18.2 Å². The van der Waals surface area contributed by atoms with E-state index in [9.17, 15) is 5.11 Å². The van der Waals surface area contributed by atoms with Crippen molar-refractivity contribution in [3.05, 3.63) is 48.5 Å². The number of thiol groups is 1. The third-order valence-electron chi connectivity index (χ3n) is 2.14. The van der Waals surface area contributed by atoms with Crippen molar-refractivity contribution in [1.82, 2.24) is 0 Å². The van der Waals surface area contributed by atoms with Crippen LogP contribution in [0.3, 0.4) is 0 Å². The number of aromatic hydroxyl groups is 1. The maximum atomic E-state index is 9.54. The number of hydrogen-bond donors (Lipinski definition) is 4. The SMILES string of the molecule is Oc1ccccc1NNc1ccccc1S. The molecule has 0 saturated carbocycles. The number of anilines is 2. The van der Waals surface area contributed by atoms with Crippen molar-refractivity contribution in [1.29, 1.82) is 0 Å². The molecule has 0 fully saturated rings. The maximum Gasteiger partial charge on any atom is 0.140 e. The summed E-state index contributed by atoms with van der Waals surface area (Å²) in [6.45, 7) is 0. The van der Waals surface area contributed by atoms with Gasteiger partial charge < -0.3 is 5.11 Å². The monoisotopic (exact) mass is 232 g/mol. The predicted molar refractivity (Wildman–Crippen MR) is 69.0 cm³/mol. The molecule has 2 aromatic carbocycles. The summed E-state index contributed by atoms with van der Waals surface area (Å²) >= 11 is 4.31. The zero-order valence-corrected chi connectivity index (χ0v) is 9.41. The molecule has 0 unspecified atom stereocenters. The molecule has 0 saturated heterocycles. The van der Waals surface area contributed by atoms with Gasteiger partial charge in [0.05, 0.1) is 11.4 Å². The Balaban J connectivity index is 2.09. The van der Waals surface area contributed by atoms with Gasteiger partial charge in [0.1, 0.15) is 5.75 Å². The van der Waals surface area contributed by atoms with E-state index in [0.29, 0.717) is 5.69 Å². The second-order valence-electron chi connectivity index (χ2n) is 3.28. The molecule has 0 radical (unpaired) electrons. The topological polar surface area (TPSA) is 44.3 Å². The van der Waals surface area contributed by atoms with Gasteiger partial charge in [-0.05, 0) is 24.3 Å². The van der Waals surface area contributed by atoms with Gasteiger partial charge in [-0.15, -0.1) is 12.6 Å². The molecule has 3 nitrogen and oxygen atoms in total. The van der Waals surface area contributed by atoms with Crippen molar-refractivity contribution in [3.63, 3.8) is 0 Å². The molecule has 82 valence electrons. The Kier molecular flexibility index (Phi) is 3.22. The smallest absolute Gasteiger partial charge is 0.140 e. The Bertz CT molecular complexity index is 442. The minimum absolute atomic E-state index is 0.201. The lowest BCUT2D eigenvalue weighted by molar-refractivity contribution is 0.477. The fourth-order valence-electron chi connectivity index (χ4n) is 1.29. The van der Waals surface area contributed by atoms with Gasteiger partial charge in [0.15, 0.2) is 0 Å². The minimum atomic E-state index is 0.201. The Morgan fingerprint density at radius 2 is 1.38 bits per heavy atom. The van der Waals surface area contributed by atoms with Crippen LogP contribution < -0.4 is 10.9 Å². The zero-order valence-electron chi connectivity index (χ0n) is 8.51. The lowest BCUT2D eigenvalue weighted by Gasteiger charge is -2.12. The number of phenols is 1. The highest BCUT2D eigenvalue weighted by atomic mass is 32.1. The molecule has 0 aliphatic rings. The van der Waals surface area contributed by atoms with Crippen LogP contribution in [0.1, 0.15) is 0 Å². The molecule has 0 amide bonds. The van der Waals surface area contributed by atoms with Crippen LogP contribution in [0.5, 0.6) is 5.75 Å². The Labute approximate surface area is 99.5 Å². The van der Waals surface area contributed by atoms with Gasteiger partial charge in [0, 0.05) is 4.90 Å². The molecular weight excluding hydrogens is 220 g/mol. The van der Waals surface area contributed by atoms with Crippen molar-refractivity contribution >= 4 is 24.0 Å². The fraction of sp³-hybridized carbons (Fsp3) is 0. The van der Waals surface area contributed by atoms with E-state index in [1.807, 2.05) is 30.3 Å². The lowest BCUT2D eigenvalue weighted by Crippen LogP contribution is -2.08. The van der Waals surface area contributed by atoms with Crippen LogP contribution in [0.15, 0.2) is 53.4 Å². The summed E-state index contributed by atoms with van der Waals surface area (Å²) in [5.41, 5.74) is 7.38. The van der Waals surface area contributed by atoms with E-state index in [1.165, 1.54) is 0 Å². The molecule has 4 heteroatoms. The molecule has 0 heterocycles. The largest absolute Gasteiger partial charge is 0.506 e. The van der Waals surface area contributed by atoms with Crippen LogP contribution in [0.2, 0.25) is 0 Å². The van der Waals surface area contributed by atoms with Gasteiger partial charge in [-0.3, -0.25) is 10.9 Å². The summed E-state index contributed by atoms with van der Waals surface area (Å²) in [6, 6.07) is 14.6. The molecule has 3 N–H and O–H groups in total. The summed E-state index contributed by atoms with van der Waals surface area (Å²) in [5.74, 6) is 0.201. The van der Waals surface area contributed by atoms with Gasteiger partial charge in [0.25, 0.3) is 0 Å². The number of para-hydroxylation sites is 3. The number of hydrogen-bond acceptors (Lipinski definition) is 4. The summed E-state index contributed by atoms with van der Waals surface area (Å²) < 4.78 is 0. The van der Waals surface area contributed by atoms with E-state index in [-0.39, 0.29) is 5.75 Å². The van der Waals surface area contributed by atoms with Crippen molar-refractivity contribution < 1.29 is 5.11 Å². The van der Waals surface area contributed by atoms with Crippen molar-refractivity contribution in [2.24, 2.45) is 0 Å². The highest BCUT2D eigenvalue weighted by Crippen LogP contribution is 2.23. The van der Waals surface area contributed by atoms with E-state index in [0.717, 1.165) is 10.6 Å². The van der Waals surface area contributed by atoms with E-state index < -0.39 is 0 Å². The maximum absolute atomic E-state index is 9.54. The van der Waals surface area contributed by atoms with Gasteiger partial charge >= 0.3 is 0 Å². The van der Waals surface area contributed by atoms with E-state index in [2.05, 4.69) is 23.5 Å². The quantitative estimate of drug-likeness (QED) is 0.373. The molecule has 0 bridgehead atoms. The molecular formula is C12H12N2OS. The van der Waals surface area contributed by atoms with Gasteiger partial charge in [-0.1, -0.05) is 24.3 Å². The molecule has 2 aromatic rings. The second-order valence-corrected chi connectivity index (χ2v) is 3.77. The summed E-state index contributed by atoms with van der Waals surface area (Å²) in [5, 5.41) is 9.54. The van der Waals surface area contributed by atoms with Crippen LogP contribution in [0.25, 0.3) is 0 Å². The van der Waals surface area contributed by atoms with Crippen LogP contribution in [-0.4, -0.2) is 5.11 Å². The molecule has 0 atom stereocenters. The number of nitrogens with one attached hydrogen (secondary N) is 2. The first-order valence-electron chi connectivity index (χ1n) is 4.85. The molecule has 0 spiro atoms. The molecule has 0 aromatic heterocycles. The first-order chi connectivity index (χ1) is 7.77. The van der Waals surface area contributed by atoms with Gasteiger partial charge in [-0.25, -0.2) is 0 Å². The summed E-state index contributed by atoms with van der Waals surface area (Å²) in [4.78, 5) is 0.838. The first-order valence-corrected chi connectivity index (χ1v) is 5.30. The van der Waals surface area contributed by atoms with Crippen LogP contribution in [0, 0.1) is 0 Å². The highest BCUT2D eigenvalue weighted by molar-refractivity contribution is 7.80. The Morgan fingerprint density at radius 1 is 0.812 bits per heavy atom. The summed E-state index contributed by atoms with van der Waals surface area (Å²) in [7, 11) is 0. The van der Waals surface area contributed by atoms with Crippen molar-refractivity contribution in [3.8, 4) is 5.75 Å². The van der Waals surface area contributed by atoms with E-state index in [4.69, 9.17) is 0 Å². The predicted octanol–water partition coefficient (Wildman–Crippen LogP) is 3.12.